The number of benzene rings is 3. The Morgan fingerprint density at radius 1 is 0.724 bits per heavy atom. The molecule has 4 atom stereocenters. The average molecular weight is 404 g/mol. The van der Waals surface area contributed by atoms with Crippen LogP contribution < -0.4 is 4.74 Å². The van der Waals surface area contributed by atoms with Gasteiger partial charge in [-0.3, -0.25) is 0 Å². The van der Waals surface area contributed by atoms with Gasteiger partial charge in [0.1, 0.15) is 5.75 Å². The fraction of sp³-hybridized carbons (Fsp3) is 0.308. The molecule has 2 bridgehead atoms. The van der Waals surface area contributed by atoms with Gasteiger partial charge in [0.2, 0.25) is 0 Å². The SMILES string of the molecule is OC(Oc1ccc([S+](c2ccccc2)c2ccccc2)cc1)C1CC2CCC1C2. The molecule has 0 spiro atoms. The highest BCUT2D eigenvalue weighted by atomic mass is 32.2. The van der Waals surface area contributed by atoms with E-state index in [9.17, 15) is 5.11 Å². The maximum Gasteiger partial charge on any atom is 0.200 e. The van der Waals surface area contributed by atoms with E-state index in [0.717, 1.165) is 18.1 Å². The lowest BCUT2D eigenvalue weighted by molar-refractivity contribution is -0.0781. The predicted molar refractivity (Wildman–Crippen MR) is 117 cm³/mol. The summed E-state index contributed by atoms with van der Waals surface area (Å²) < 4.78 is 5.96. The number of hydrogen-bond donors (Lipinski definition) is 1. The van der Waals surface area contributed by atoms with Crippen molar-refractivity contribution in [2.75, 3.05) is 0 Å². The van der Waals surface area contributed by atoms with E-state index in [2.05, 4.69) is 72.8 Å². The van der Waals surface area contributed by atoms with Gasteiger partial charge in [0.25, 0.3) is 0 Å². The van der Waals surface area contributed by atoms with E-state index in [1.54, 1.807) is 0 Å². The molecule has 0 amide bonds. The summed E-state index contributed by atoms with van der Waals surface area (Å²) in [5, 5.41) is 10.6. The van der Waals surface area contributed by atoms with Gasteiger partial charge in [0, 0.05) is 5.92 Å². The van der Waals surface area contributed by atoms with Gasteiger partial charge in [-0.15, -0.1) is 0 Å². The molecule has 3 aromatic carbocycles. The maximum atomic E-state index is 10.6. The number of ether oxygens (including phenoxy) is 1. The van der Waals surface area contributed by atoms with Gasteiger partial charge >= 0.3 is 0 Å². The molecule has 2 saturated carbocycles. The molecule has 0 saturated heterocycles. The minimum absolute atomic E-state index is 0.157. The molecule has 1 N–H and O–H groups in total. The molecule has 2 fully saturated rings. The standard InChI is InChI=1S/C26H27O2S/c27-26(25-18-19-11-12-20(25)17-19)28-21-13-15-24(16-14-21)29(22-7-3-1-4-8-22)23-9-5-2-6-10-23/h1-10,13-16,19-20,25-27H,11-12,17-18H2/q+1. The van der Waals surface area contributed by atoms with Crippen molar-refractivity contribution in [2.45, 2.75) is 46.7 Å². The Morgan fingerprint density at radius 3 is 1.83 bits per heavy atom. The quantitative estimate of drug-likeness (QED) is 0.409. The lowest BCUT2D eigenvalue weighted by atomic mass is 9.88. The summed E-state index contributed by atoms with van der Waals surface area (Å²) >= 11 is 0. The molecule has 2 nitrogen and oxygen atoms in total. The molecule has 5 rings (SSSR count). The molecule has 4 unspecified atom stereocenters. The van der Waals surface area contributed by atoms with Gasteiger partial charge in [-0.1, -0.05) is 42.8 Å². The Balaban J connectivity index is 1.36. The van der Waals surface area contributed by atoms with E-state index in [0.29, 0.717) is 11.8 Å². The van der Waals surface area contributed by atoms with E-state index < -0.39 is 6.29 Å². The zero-order valence-corrected chi connectivity index (χ0v) is 17.3. The van der Waals surface area contributed by atoms with Gasteiger partial charge < -0.3 is 9.84 Å². The monoisotopic (exact) mass is 403 g/mol. The van der Waals surface area contributed by atoms with Gasteiger partial charge in [-0.25, -0.2) is 0 Å². The molecular formula is C26H27O2S+. The van der Waals surface area contributed by atoms with Crippen LogP contribution >= 0.6 is 0 Å². The molecule has 29 heavy (non-hydrogen) atoms. The first kappa shape index (κ1) is 18.8. The van der Waals surface area contributed by atoms with E-state index in [1.165, 1.54) is 33.9 Å². The number of rotatable bonds is 6. The van der Waals surface area contributed by atoms with Gasteiger partial charge in [-0.05, 0) is 79.6 Å². The van der Waals surface area contributed by atoms with Gasteiger partial charge in [0.15, 0.2) is 21.0 Å². The fourth-order valence-corrected chi connectivity index (χ4v) is 7.13. The molecule has 3 heteroatoms. The van der Waals surface area contributed by atoms with Crippen molar-refractivity contribution in [3.05, 3.63) is 84.9 Å². The first-order chi connectivity index (χ1) is 14.3. The lowest BCUT2D eigenvalue weighted by Crippen LogP contribution is -2.30. The van der Waals surface area contributed by atoms with E-state index in [4.69, 9.17) is 4.74 Å². The Labute approximate surface area is 175 Å². The Morgan fingerprint density at radius 2 is 1.31 bits per heavy atom. The Kier molecular flexibility index (Phi) is 5.34. The van der Waals surface area contributed by atoms with Crippen LogP contribution in [0, 0.1) is 17.8 Å². The van der Waals surface area contributed by atoms with Crippen LogP contribution in [-0.4, -0.2) is 11.4 Å². The van der Waals surface area contributed by atoms with Crippen LogP contribution in [0.4, 0.5) is 0 Å². The minimum atomic E-state index is -0.683. The van der Waals surface area contributed by atoms with E-state index >= 15 is 0 Å². The second-order valence-electron chi connectivity index (χ2n) is 8.25. The molecular weight excluding hydrogens is 376 g/mol. The van der Waals surface area contributed by atoms with Crippen LogP contribution in [0.3, 0.4) is 0 Å². The van der Waals surface area contributed by atoms with Crippen molar-refractivity contribution in [1.82, 2.24) is 0 Å². The largest absolute Gasteiger partial charge is 0.465 e. The maximum absolute atomic E-state index is 10.6. The summed E-state index contributed by atoms with van der Waals surface area (Å²) in [5.41, 5.74) is 0. The molecule has 2 aliphatic carbocycles. The number of fused-ring (bicyclic) bond motifs is 2. The van der Waals surface area contributed by atoms with Crippen LogP contribution in [0.5, 0.6) is 5.75 Å². The van der Waals surface area contributed by atoms with Crippen LogP contribution in [0.2, 0.25) is 0 Å². The first-order valence-corrected chi connectivity index (χ1v) is 11.8. The highest BCUT2D eigenvalue weighted by molar-refractivity contribution is 7.97. The minimum Gasteiger partial charge on any atom is -0.465 e. The van der Waals surface area contributed by atoms with Crippen molar-refractivity contribution in [2.24, 2.45) is 17.8 Å². The van der Waals surface area contributed by atoms with Crippen LogP contribution in [-0.2, 0) is 10.9 Å². The van der Waals surface area contributed by atoms with Gasteiger partial charge in [-0.2, -0.15) is 0 Å². The van der Waals surface area contributed by atoms with E-state index in [1.807, 2.05) is 12.1 Å². The third-order valence-electron chi connectivity index (χ3n) is 6.43. The normalized spacial score (nSPS) is 24.0. The Hall–Kier alpha value is -2.23. The summed E-state index contributed by atoms with van der Waals surface area (Å²) in [5.74, 6) is 2.52. The zero-order valence-electron chi connectivity index (χ0n) is 16.5. The van der Waals surface area contributed by atoms with Crippen LogP contribution in [0.25, 0.3) is 0 Å². The fourth-order valence-electron chi connectivity index (χ4n) is 5.05. The predicted octanol–water partition coefficient (Wildman–Crippen LogP) is 5.92. The number of hydrogen-bond acceptors (Lipinski definition) is 2. The highest BCUT2D eigenvalue weighted by Gasteiger charge is 2.43. The van der Waals surface area contributed by atoms with Crippen molar-refractivity contribution in [3.8, 4) is 5.75 Å². The van der Waals surface area contributed by atoms with Crippen LogP contribution in [0.1, 0.15) is 25.7 Å². The van der Waals surface area contributed by atoms with E-state index in [-0.39, 0.29) is 10.9 Å². The zero-order chi connectivity index (χ0) is 19.6. The first-order valence-electron chi connectivity index (χ1n) is 10.6. The summed E-state index contributed by atoms with van der Waals surface area (Å²) in [6.45, 7) is 0. The smallest absolute Gasteiger partial charge is 0.200 e. The number of aliphatic hydroxyl groups excluding tert-OH is 1. The molecule has 3 aromatic rings. The van der Waals surface area contributed by atoms with Crippen molar-refractivity contribution < 1.29 is 9.84 Å². The van der Waals surface area contributed by atoms with Gasteiger partial charge in [0.05, 0.1) is 10.9 Å². The third-order valence-corrected chi connectivity index (χ3v) is 8.66. The average Bonchev–Trinajstić information content (AvgIpc) is 3.41. The molecule has 0 heterocycles. The van der Waals surface area contributed by atoms with Crippen molar-refractivity contribution in [1.29, 1.82) is 0 Å². The van der Waals surface area contributed by atoms with Crippen molar-refractivity contribution >= 4 is 10.9 Å². The summed E-state index contributed by atoms with van der Waals surface area (Å²) in [6.07, 6.45) is 4.31. The Bertz CT molecular complexity index is 886. The second-order valence-corrected chi connectivity index (χ2v) is 10.3. The highest BCUT2D eigenvalue weighted by Crippen LogP contribution is 2.49. The summed E-state index contributed by atoms with van der Waals surface area (Å²) in [6, 6.07) is 29.6. The second kappa shape index (κ2) is 8.25. The number of aliphatic hydroxyl groups is 1. The molecule has 2 aliphatic rings. The summed E-state index contributed by atoms with van der Waals surface area (Å²) in [4.78, 5) is 3.85. The molecule has 148 valence electrons. The molecule has 0 aliphatic heterocycles. The molecule has 0 radical (unpaired) electrons. The molecule has 0 aromatic heterocycles. The van der Waals surface area contributed by atoms with Crippen LogP contribution in [0.15, 0.2) is 99.6 Å². The lowest BCUT2D eigenvalue weighted by Gasteiger charge is -2.27. The summed E-state index contributed by atoms with van der Waals surface area (Å²) in [7, 11) is -0.157. The topological polar surface area (TPSA) is 29.5 Å². The third kappa shape index (κ3) is 3.94. The van der Waals surface area contributed by atoms with Crippen molar-refractivity contribution in [3.63, 3.8) is 0 Å².